The fourth-order valence-electron chi connectivity index (χ4n) is 3.82. The van der Waals surface area contributed by atoms with Crippen LogP contribution in [0, 0.1) is 6.92 Å². The second-order valence-corrected chi connectivity index (χ2v) is 9.52. The lowest BCUT2D eigenvalue weighted by molar-refractivity contribution is -0.130. The van der Waals surface area contributed by atoms with Crippen LogP contribution in [0.15, 0.2) is 58.5 Å². The van der Waals surface area contributed by atoms with E-state index in [0.29, 0.717) is 28.5 Å². The Kier molecular flexibility index (Phi) is 6.00. The number of carbonyl (C=O) groups excluding carboxylic acids is 1. The molecular weight excluding hydrogens is 466 g/mol. The van der Waals surface area contributed by atoms with Crippen LogP contribution in [0.2, 0.25) is 5.15 Å². The molecule has 0 aliphatic carbocycles. The van der Waals surface area contributed by atoms with Gasteiger partial charge in [-0.05, 0) is 61.0 Å². The van der Waals surface area contributed by atoms with Crippen LogP contribution < -0.4 is 9.88 Å². The van der Waals surface area contributed by atoms with Crippen LogP contribution in [0.25, 0.3) is 5.69 Å². The molecule has 1 aromatic heterocycles. The minimum atomic E-state index is -3.81. The molecule has 9 nitrogen and oxygen atoms in total. The number of sulfonamides is 1. The largest absolute Gasteiger partial charge is 0.497 e. The van der Waals surface area contributed by atoms with Gasteiger partial charge in [0.15, 0.2) is 0 Å². The van der Waals surface area contributed by atoms with E-state index >= 15 is 0 Å². The third kappa shape index (κ3) is 4.37. The number of aromatic nitrogens is 2. The minimum absolute atomic E-state index is 0.0115. The van der Waals surface area contributed by atoms with E-state index in [1.54, 1.807) is 26.2 Å². The molecule has 0 saturated heterocycles. The third-order valence-corrected chi connectivity index (χ3v) is 6.74. The van der Waals surface area contributed by atoms with Crippen LogP contribution in [0.1, 0.15) is 36.2 Å². The highest BCUT2D eigenvalue weighted by atomic mass is 35.5. The van der Waals surface area contributed by atoms with E-state index in [4.69, 9.17) is 21.5 Å². The molecule has 0 bridgehead atoms. The van der Waals surface area contributed by atoms with Crippen molar-refractivity contribution in [3.05, 3.63) is 70.5 Å². The summed E-state index contributed by atoms with van der Waals surface area (Å²) in [5.41, 5.74) is 3.50. The minimum Gasteiger partial charge on any atom is -0.497 e. The summed E-state index contributed by atoms with van der Waals surface area (Å²) in [5.74, 6) is 0.509. The summed E-state index contributed by atoms with van der Waals surface area (Å²) in [5, 5.41) is 16.0. The summed E-state index contributed by atoms with van der Waals surface area (Å²) in [6.07, 6.45) is 0.461. The number of rotatable bonds is 5. The molecule has 172 valence electrons. The van der Waals surface area contributed by atoms with Gasteiger partial charge in [0.25, 0.3) is 0 Å². The SMILES string of the molecule is COc1ccc(C2=NN(C(C)=O)C(c3c(C)nn(-c4ccc(S(N)(=O)=O)cc4)c3Cl)C2)cc1. The highest BCUT2D eigenvalue weighted by Gasteiger charge is 2.36. The standard InChI is InChI=1S/C22H22ClN5O4S/c1-13-21(22(23)28(25-13)16-6-10-18(11-7-16)33(24,30)31)20-12-19(26-27(20)14(2)29)15-4-8-17(32-3)9-5-15/h4-11,20H,12H2,1-3H3,(H2,24,30,31). The van der Waals surface area contributed by atoms with Gasteiger partial charge < -0.3 is 4.74 Å². The highest BCUT2D eigenvalue weighted by molar-refractivity contribution is 7.89. The number of benzene rings is 2. The van der Waals surface area contributed by atoms with Crippen LogP contribution in [-0.2, 0) is 14.8 Å². The molecule has 1 aliphatic heterocycles. The molecule has 2 heterocycles. The molecule has 1 amide bonds. The van der Waals surface area contributed by atoms with Crippen LogP contribution in [0.5, 0.6) is 5.75 Å². The monoisotopic (exact) mass is 487 g/mol. The Morgan fingerprint density at radius 1 is 1.15 bits per heavy atom. The van der Waals surface area contributed by atoms with Gasteiger partial charge in [-0.1, -0.05) is 11.6 Å². The lowest BCUT2D eigenvalue weighted by Crippen LogP contribution is -2.24. The maximum atomic E-state index is 12.4. The fourth-order valence-corrected chi connectivity index (χ4v) is 4.73. The summed E-state index contributed by atoms with van der Waals surface area (Å²) in [6.45, 7) is 3.26. The lowest BCUT2D eigenvalue weighted by Gasteiger charge is -2.20. The number of aryl methyl sites for hydroxylation is 1. The first-order chi connectivity index (χ1) is 15.6. The van der Waals surface area contributed by atoms with Crippen molar-refractivity contribution in [3.63, 3.8) is 0 Å². The number of amides is 1. The molecule has 0 fully saturated rings. The second-order valence-electron chi connectivity index (χ2n) is 7.60. The Hall–Kier alpha value is -3.21. The molecule has 0 radical (unpaired) electrons. The van der Waals surface area contributed by atoms with Gasteiger partial charge in [0.05, 0.1) is 35.1 Å². The van der Waals surface area contributed by atoms with E-state index in [1.807, 2.05) is 24.3 Å². The summed E-state index contributed by atoms with van der Waals surface area (Å²) in [7, 11) is -2.21. The van der Waals surface area contributed by atoms with E-state index in [1.165, 1.54) is 28.7 Å². The van der Waals surface area contributed by atoms with Gasteiger partial charge in [-0.25, -0.2) is 23.2 Å². The van der Waals surface area contributed by atoms with Gasteiger partial charge in [0, 0.05) is 18.9 Å². The molecule has 4 rings (SSSR count). The zero-order valence-corrected chi connectivity index (χ0v) is 19.8. The maximum absolute atomic E-state index is 12.4. The second kappa shape index (κ2) is 8.62. The molecule has 1 atom stereocenters. The Bertz CT molecular complexity index is 1350. The molecule has 0 saturated carbocycles. The van der Waals surface area contributed by atoms with Crippen molar-refractivity contribution in [2.24, 2.45) is 10.2 Å². The quantitative estimate of drug-likeness (QED) is 0.592. The van der Waals surface area contributed by atoms with Crippen LogP contribution in [-0.4, -0.2) is 41.9 Å². The van der Waals surface area contributed by atoms with Crippen molar-refractivity contribution in [2.75, 3.05) is 7.11 Å². The Morgan fingerprint density at radius 2 is 1.79 bits per heavy atom. The average Bonchev–Trinajstić information content (AvgIpc) is 3.34. The average molecular weight is 488 g/mol. The van der Waals surface area contributed by atoms with E-state index in [9.17, 15) is 13.2 Å². The van der Waals surface area contributed by atoms with E-state index in [-0.39, 0.29) is 10.8 Å². The first-order valence-electron chi connectivity index (χ1n) is 10.00. The molecule has 1 aliphatic rings. The number of ether oxygens (including phenoxy) is 1. The van der Waals surface area contributed by atoms with Gasteiger partial charge in [-0.3, -0.25) is 4.79 Å². The number of nitrogens with two attached hydrogens (primary N) is 1. The molecule has 1 unspecified atom stereocenters. The molecule has 0 spiro atoms. The molecule has 2 N–H and O–H groups in total. The molecular formula is C22H22ClN5O4S. The number of halogens is 1. The van der Waals surface area contributed by atoms with Gasteiger partial charge >= 0.3 is 0 Å². The van der Waals surface area contributed by atoms with Crippen LogP contribution >= 0.6 is 11.6 Å². The highest BCUT2D eigenvalue weighted by Crippen LogP contribution is 2.39. The first-order valence-corrected chi connectivity index (χ1v) is 11.9. The van der Waals surface area contributed by atoms with E-state index < -0.39 is 16.1 Å². The zero-order chi connectivity index (χ0) is 23.9. The van der Waals surface area contributed by atoms with Gasteiger partial charge in [0.2, 0.25) is 15.9 Å². The van der Waals surface area contributed by atoms with E-state index in [0.717, 1.165) is 17.0 Å². The predicted molar refractivity (Wildman–Crippen MR) is 124 cm³/mol. The smallest absolute Gasteiger partial charge is 0.240 e. The number of hydrogen-bond donors (Lipinski definition) is 1. The van der Waals surface area contributed by atoms with Gasteiger partial charge in [-0.15, -0.1) is 0 Å². The molecule has 2 aromatic carbocycles. The predicted octanol–water partition coefficient (Wildman–Crippen LogP) is 3.19. The number of hydrogen-bond acceptors (Lipinski definition) is 6. The Morgan fingerprint density at radius 3 is 2.33 bits per heavy atom. The van der Waals surface area contributed by atoms with Crippen LogP contribution in [0.3, 0.4) is 0 Å². The number of methoxy groups -OCH3 is 1. The number of carbonyl (C=O) groups is 1. The summed E-state index contributed by atoms with van der Waals surface area (Å²) in [6, 6.07) is 12.9. The van der Waals surface area contributed by atoms with Crippen molar-refractivity contribution in [1.29, 1.82) is 0 Å². The topological polar surface area (TPSA) is 120 Å². The molecule has 3 aromatic rings. The maximum Gasteiger partial charge on any atom is 0.240 e. The van der Waals surface area contributed by atoms with E-state index in [2.05, 4.69) is 10.2 Å². The van der Waals surface area contributed by atoms with Crippen molar-refractivity contribution >= 4 is 33.2 Å². The Labute approximate surface area is 196 Å². The summed E-state index contributed by atoms with van der Waals surface area (Å²) in [4.78, 5) is 12.4. The summed E-state index contributed by atoms with van der Waals surface area (Å²) >= 11 is 6.73. The van der Waals surface area contributed by atoms with Crippen molar-refractivity contribution in [3.8, 4) is 11.4 Å². The zero-order valence-electron chi connectivity index (χ0n) is 18.2. The van der Waals surface area contributed by atoms with Gasteiger partial charge in [-0.2, -0.15) is 10.2 Å². The van der Waals surface area contributed by atoms with Crippen molar-refractivity contribution in [1.82, 2.24) is 14.8 Å². The van der Waals surface area contributed by atoms with Crippen molar-refractivity contribution in [2.45, 2.75) is 31.2 Å². The molecule has 11 heteroatoms. The number of hydrazone groups is 1. The normalized spacial score (nSPS) is 16.1. The number of primary sulfonamides is 1. The Balaban J connectivity index is 1.70. The first kappa shape index (κ1) is 23.0. The fraction of sp³-hybridized carbons (Fsp3) is 0.227. The molecule has 33 heavy (non-hydrogen) atoms. The van der Waals surface area contributed by atoms with Crippen LogP contribution in [0.4, 0.5) is 0 Å². The summed E-state index contributed by atoms with van der Waals surface area (Å²) < 4.78 is 29.8. The van der Waals surface area contributed by atoms with Crippen molar-refractivity contribution < 1.29 is 17.9 Å². The lowest BCUT2D eigenvalue weighted by atomic mass is 9.99. The third-order valence-electron chi connectivity index (χ3n) is 5.45. The number of nitrogens with zero attached hydrogens (tertiary/aromatic N) is 4. The van der Waals surface area contributed by atoms with Gasteiger partial charge in [0.1, 0.15) is 10.9 Å².